The highest BCUT2D eigenvalue weighted by atomic mass is 16.5. The fraction of sp³-hybridized carbons (Fsp3) is 0.800. The number of amides is 1. The summed E-state index contributed by atoms with van der Waals surface area (Å²) in [6, 6.07) is 0.443. The van der Waals surface area contributed by atoms with Gasteiger partial charge in [0.05, 0.1) is 12.0 Å². The second kappa shape index (κ2) is 8.12. The van der Waals surface area contributed by atoms with Crippen LogP contribution in [0, 0.1) is 0 Å². The minimum Gasteiger partial charge on any atom is -0.384 e. The largest absolute Gasteiger partial charge is 0.384 e. The van der Waals surface area contributed by atoms with Crippen LogP contribution in [-0.2, 0) is 14.9 Å². The van der Waals surface area contributed by atoms with Crippen LogP contribution in [0.15, 0.2) is 4.52 Å². The molecule has 0 unspecified atom stereocenters. The Bertz CT molecular complexity index is 464. The molecule has 1 heterocycles. The van der Waals surface area contributed by atoms with Crippen LogP contribution in [0.3, 0.4) is 0 Å². The quantitative estimate of drug-likeness (QED) is 0.712. The van der Waals surface area contributed by atoms with Gasteiger partial charge in [-0.05, 0) is 19.3 Å². The molecule has 0 bridgehead atoms. The molecule has 124 valence electrons. The zero-order valence-electron chi connectivity index (χ0n) is 13.5. The molecule has 1 fully saturated rings. The standard InChI is InChI=1S/C15H26N4O3/c1-12(20)16-9-6-10-17-14-18-13(19-22-14)15(11-21-2)7-4-3-5-8-15/h3-11H2,1-2H3,(H,16,20)(H,17,18,19). The summed E-state index contributed by atoms with van der Waals surface area (Å²) in [5.74, 6) is 0.734. The first kappa shape index (κ1) is 16.7. The minimum atomic E-state index is -0.105. The Labute approximate surface area is 131 Å². The first-order valence-electron chi connectivity index (χ1n) is 7.98. The summed E-state index contributed by atoms with van der Waals surface area (Å²) in [5.41, 5.74) is -0.105. The second-order valence-corrected chi connectivity index (χ2v) is 5.96. The Kier molecular flexibility index (Phi) is 6.18. The molecular weight excluding hydrogens is 284 g/mol. The SMILES string of the molecule is COCC1(c2noc(NCCCNC(C)=O)n2)CCCCC1. The number of anilines is 1. The highest BCUT2D eigenvalue weighted by molar-refractivity contribution is 5.72. The summed E-state index contributed by atoms with van der Waals surface area (Å²) in [5, 5.41) is 10.0. The first-order chi connectivity index (χ1) is 10.7. The lowest BCUT2D eigenvalue weighted by Crippen LogP contribution is -2.35. The maximum absolute atomic E-state index is 10.8. The van der Waals surface area contributed by atoms with Crippen molar-refractivity contribution in [3.05, 3.63) is 5.82 Å². The third-order valence-corrected chi connectivity index (χ3v) is 4.14. The Morgan fingerprint density at radius 1 is 1.32 bits per heavy atom. The highest BCUT2D eigenvalue weighted by Gasteiger charge is 2.38. The molecule has 2 rings (SSSR count). The number of aromatic nitrogens is 2. The summed E-state index contributed by atoms with van der Waals surface area (Å²) in [4.78, 5) is 15.3. The van der Waals surface area contributed by atoms with Crippen LogP contribution >= 0.6 is 0 Å². The number of rotatable bonds is 8. The van der Waals surface area contributed by atoms with Crippen LogP contribution in [0.1, 0.15) is 51.3 Å². The summed E-state index contributed by atoms with van der Waals surface area (Å²) >= 11 is 0. The molecule has 1 aliphatic carbocycles. The van der Waals surface area contributed by atoms with E-state index in [0.29, 0.717) is 25.7 Å². The number of carbonyl (C=O) groups excluding carboxylic acids is 1. The Hall–Kier alpha value is -1.63. The molecule has 1 amide bonds. The number of hydrogen-bond donors (Lipinski definition) is 2. The van der Waals surface area contributed by atoms with Crippen LogP contribution in [0.2, 0.25) is 0 Å². The maximum atomic E-state index is 10.8. The van der Waals surface area contributed by atoms with E-state index in [0.717, 1.165) is 25.1 Å². The van der Waals surface area contributed by atoms with E-state index in [2.05, 4.69) is 20.8 Å². The van der Waals surface area contributed by atoms with Gasteiger partial charge in [-0.3, -0.25) is 4.79 Å². The summed E-state index contributed by atoms with van der Waals surface area (Å²) in [7, 11) is 1.72. The van der Waals surface area contributed by atoms with Crippen molar-refractivity contribution in [2.45, 2.75) is 50.9 Å². The van der Waals surface area contributed by atoms with E-state index in [9.17, 15) is 4.79 Å². The number of hydrogen-bond acceptors (Lipinski definition) is 6. The molecule has 0 aromatic carbocycles. The fourth-order valence-corrected chi connectivity index (χ4v) is 3.00. The third-order valence-electron chi connectivity index (χ3n) is 4.14. The molecule has 1 aliphatic rings. The van der Waals surface area contributed by atoms with E-state index in [4.69, 9.17) is 9.26 Å². The molecule has 0 atom stereocenters. The van der Waals surface area contributed by atoms with E-state index < -0.39 is 0 Å². The van der Waals surface area contributed by atoms with Crippen LogP contribution in [0.25, 0.3) is 0 Å². The van der Waals surface area contributed by atoms with Crippen molar-refractivity contribution in [2.24, 2.45) is 0 Å². The van der Waals surface area contributed by atoms with Gasteiger partial charge in [-0.1, -0.05) is 24.4 Å². The third kappa shape index (κ3) is 4.43. The minimum absolute atomic E-state index is 0.0149. The topological polar surface area (TPSA) is 89.3 Å². The van der Waals surface area contributed by atoms with Gasteiger partial charge in [-0.25, -0.2) is 0 Å². The average molecular weight is 310 g/mol. The van der Waals surface area contributed by atoms with Crippen LogP contribution in [-0.4, -0.2) is 42.9 Å². The molecule has 1 aromatic heterocycles. The van der Waals surface area contributed by atoms with Crippen molar-refractivity contribution in [3.63, 3.8) is 0 Å². The van der Waals surface area contributed by atoms with Crippen molar-refractivity contribution < 1.29 is 14.1 Å². The molecule has 0 radical (unpaired) electrons. The second-order valence-electron chi connectivity index (χ2n) is 5.96. The molecule has 1 saturated carbocycles. The van der Waals surface area contributed by atoms with Crippen molar-refractivity contribution in [2.75, 3.05) is 32.1 Å². The lowest BCUT2D eigenvalue weighted by Gasteiger charge is -2.33. The lowest BCUT2D eigenvalue weighted by molar-refractivity contribution is -0.118. The van der Waals surface area contributed by atoms with Crippen molar-refractivity contribution in [3.8, 4) is 0 Å². The molecular formula is C15H26N4O3. The van der Waals surface area contributed by atoms with E-state index in [1.54, 1.807) is 7.11 Å². The average Bonchev–Trinajstić information content (AvgIpc) is 2.97. The molecule has 0 saturated heterocycles. The van der Waals surface area contributed by atoms with Gasteiger partial charge in [0, 0.05) is 27.1 Å². The number of ether oxygens (including phenoxy) is 1. The molecule has 7 nitrogen and oxygen atoms in total. The van der Waals surface area contributed by atoms with E-state index >= 15 is 0 Å². The van der Waals surface area contributed by atoms with E-state index in [-0.39, 0.29) is 11.3 Å². The van der Waals surface area contributed by atoms with Crippen LogP contribution in [0.4, 0.5) is 6.01 Å². The summed E-state index contributed by atoms with van der Waals surface area (Å²) < 4.78 is 10.7. The van der Waals surface area contributed by atoms with E-state index in [1.807, 2.05) is 0 Å². The van der Waals surface area contributed by atoms with Gasteiger partial charge < -0.3 is 19.9 Å². The monoisotopic (exact) mass is 310 g/mol. The van der Waals surface area contributed by atoms with Gasteiger partial charge >= 0.3 is 6.01 Å². The van der Waals surface area contributed by atoms with Crippen molar-refractivity contribution >= 4 is 11.9 Å². The predicted molar refractivity (Wildman–Crippen MR) is 82.7 cm³/mol. The fourth-order valence-electron chi connectivity index (χ4n) is 3.00. The maximum Gasteiger partial charge on any atom is 0.321 e. The normalized spacial score (nSPS) is 17.2. The molecule has 1 aromatic rings. The van der Waals surface area contributed by atoms with Crippen molar-refractivity contribution in [1.29, 1.82) is 0 Å². The Morgan fingerprint density at radius 2 is 2.09 bits per heavy atom. The summed E-state index contributed by atoms with van der Waals surface area (Å²) in [6.07, 6.45) is 6.51. The molecule has 0 spiro atoms. The van der Waals surface area contributed by atoms with Gasteiger partial charge in [0.25, 0.3) is 0 Å². The zero-order valence-corrected chi connectivity index (χ0v) is 13.5. The number of nitrogens with one attached hydrogen (secondary N) is 2. The Morgan fingerprint density at radius 3 is 2.77 bits per heavy atom. The number of nitrogens with zero attached hydrogens (tertiary/aromatic N) is 2. The molecule has 22 heavy (non-hydrogen) atoms. The van der Waals surface area contributed by atoms with Crippen molar-refractivity contribution in [1.82, 2.24) is 15.5 Å². The van der Waals surface area contributed by atoms with Gasteiger partial charge in [0.1, 0.15) is 0 Å². The van der Waals surface area contributed by atoms with Gasteiger partial charge in [-0.15, -0.1) is 0 Å². The van der Waals surface area contributed by atoms with Gasteiger partial charge in [0.2, 0.25) is 5.91 Å². The molecule has 7 heteroatoms. The smallest absolute Gasteiger partial charge is 0.321 e. The van der Waals surface area contributed by atoms with Crippen LogP contribution in [0.5, 0.6) is 0 Å². The summed E-state index contributed by atoms with van der Waals surface area (Å²) in [6.45, 7) is 3.46. The van der Waals surface area contributed by atoms with Gasteiger partial charge in [-0.2, -0.15) is 4.98 Å². The van der Waals surface area contributed by atoms with Gasteiger partial charge in [0.15, 0.2) is 5.82 Å². The lowest BCUT2D eigenvalue weighted by atomic mass is 9.74. The molecule has 2 N–H and O–H groups in total. The first-order valence-corrected chi connectivity index (χ1v) is 7.98. The number of carbonyl (C=O) groups is 1. The van der Waals surface area contributed by atoms with E-state index in [1.165, 1.54) is 26.2 Å². The molecule has 0 aliphatic heterocycles. The number of methoxy groups -OCH3 is 1. The predicted octanol–water partition coefficient (Wildman–Crippen LogP) is 1.86. The highest BCUT2D eigenvalue weighted by Crippen LogP contribution is 2.38. The Balaban J connectivity index is 1.87. The van der Waals surface area contributed by atoms with Crippen LogP contribution < -0.4 is 10.6 Å². The zero-order chi connectivity index (χ0) is 15.8.